The molecule has 10 heteroatoms. The van der Waals surface area contributed by atoms with E-state index in [9.17, 15) is 18.3 Å². The molecule has 0 aliphatic heterocycles. The fourth-order valence-corrected chi connectivity index (χ4v) is 4.50. The molecule has 2 aromatic rings. The van der Waals surface area contributed by atoms with Crippen molar-refractivity contribution in [1.82, 2.24) is 14.6 Å². The van der Waals surface area contributed by atoms with E-state index in [0.717, 1.165) is 24.9 Å². The second-order valence-corrected chi connectivity index (χ2v) is 9.41. The monoisotopic (exact) mass is 475 g/mol. The van der Waals surface area contributed by atoms with E-state index in [2.05, 4.69) is 14.6 Å². The number of benzene rings is 1. The molecular weight excluding hydrogens is 449 g/mol. The molecule has 0 bridgehead atoms. The maximum atomic E-state index is 12.6. The van der Waals surface area contributed by atoms with Crippen molar-refractivity contribution >= 4 is 27.6 Å². The Morgan fingerprint density at radius 1 is 1.19 bits per heavy atom. The van der Waals surface area contributed by atoms with Crippen LogP contribution in [0.4, 0.5) is 0 Å². The Kier molecular flexibility index (Phi) is 12.9. The van der Waals surface area contributed by atoms with Gasteiger partial charge in [0, 0.05) is 42.5 Å². The number of pyridine rings is 1. The Balaban J connectivity index is 0.00000480. The molecule has 2 rings (SSSR count). The van der Waals surface area contributed by atoms with Crippen molar-refractivity contribution in [3.8, 4) is 0 Å². The molecule has 0 saturated heterocycles. The molecular formula is C21H27ClN3NaO4S. The Hall–Kier alpha value is -1.000. The molecule has 0 radical (unpaired) electrons. The number of nitrogens with zero attached hydrogens (tertiary/aromatic N) is 2. The number of hydrogen-bond acceptors (Lipinski definition) is 6. The second kappa shape index (κ2) is 14.2. The molecule has 31 heavy (non-hydrogen) atoms. The standard InChI is InChI=1S/C21H28ClN3O4S.Na/c1-17(24-30(28,29)20-10-8-19(22)9-11-20)15-25(13-4-2-3-7-21(26)27)16-18-6-5-12-23-14-18;/h5-6,8-12,14,17,24H,2-4,7,13,15-16H2,1H3,(H,26,27);/q;+1/p-1. The van der Waals surface area contributed by atoms with E-state index in [1.165, 1.54) is 12.1 Å². The topological polar surface area (TPSA) is 102 Å². The summed E-state index contributed by atoms with van der Waals surface area (Å²) in [5.41, 5.74) is 1.03. The third kappa shape index (κ3) is 10.9. The van der Waals surface area contributed by atoms with Crippen molar-refractivity contribution in [2.75, 3.05) is 13.1 Å². The average molecular weight is 476 g/mol. The van der Waals surface area contributed by atoms with Gasteiger partial charge in [-0.05, 0) is 68.6 Å². The van der Waals surface area contributed by atoms with Crippen LogP contribution in [0.3, 0.4) is 0 Å². The quantitative estimate of drug-likeness (QED) is 0.301. The maximum Gasteiger partial charge on any atom is 1.00 e. The summed E-state index contributed by atoms with van der Waals surface area (Å²) in [5.74, 6) is -1.03. The van der Waals surface area contributed by atoms with Gasteiger partial charge >= 0.3 is 29.6 Å². The van der Waals surface area contributed by atoms with Crippen LogP contribution in [0.15, 0.2) is 53.7 Å². The summed E-state index contributed by atoms with van der Waals surface area (Å²) in [6, 6.07) is 9.54. The fraction of sp³-hybridized carbons (Fsp3) is 0.429. The average Bonchev–Trinajstić information content (AvgIpc) is 2.68. The van der Waals surface area contributed by atoms with E-state index in [0.29, 0.717) is 24.5 Å². The first-order valence-corrected chi connectivity index (χ1v) is 11.7. The van der Waals surface area contributed by atoms with Crippen molar-refractivity contribution in [1.29, 1.82) is 0 Å². The van der Waals surface area contributed by atoms with Gasteiger partial charge in [-0.1, -0.05) is 24.1 Å². The van der Waals surface area contributed by atoms with Crippen molar-refractivity contribution < 1.29 is 47.9 Å². The number of halogens is 1. The minimum absolute atomic E-state index is 0. The second-order valence-electron chi connectivity index (χ2n) is 7.26. The molecule has 0 spiro atoms. The number of rotatable bonds is 13. The summed E-state index contributed by atoms with van der Waals surface area (Å²) in [6.45, 7) is 3.66. The molecule has 1 N–H and O–H groups in total. The van der Waals surface area contributed by atoms with Crippen LogP contribution >= 0.6 is 11.6 Å². The normalized spacial score (nSPS) is 12.4. The molecule has 1 heterocycles. The largest absolute Gasteiger partial charge is 1.00 e. The summed E-state index contributed by atoms with van der Waals surface area (Å²) in [5, 5.41) is 11.0. The van der Waals surface area contributed by atoms with Crippen molar-refractivity contribution in [3.63, 3.8) is 0 Å². The van der Waals surface area contributed by atoms with E-state index >= 15 is 0 Å². The molecule has 1 unspecified atom stereocenters. The first-order chi connectivity index (χ1) is 14.3. The van der Waals surface area contributed by atoms with Gasteiger partial charge in [0.15, 0.2) is 0 Å². The number of unbranched alkanes of at least 4 members (excludes halogenated alkanes) is 2. The number of carboxylic acids is 1. The van der Waals surface area contributed by atoms with Gasteiger partial charge in [0.05, 0.1) is 4.90 Å². The van der Waals surface area contributed by atoms with Crippen LogP contribution in [0.25, 0.3) is 0 Å². The number of aromatic nitrogens is 1. The zero-order valence-electron chi connectivity index (χ0n) is 18.0. The number of nitrogens with one attached hydrogen (secondary N) is 1. The summed E-state index contributed by atoms with van der Waals surface area (Å²) < 4.78 is 27.9. The molecule has 0 amide bonds. The Labute approximate surface area is 211 Å². The summed E-state index contributed by atoms with van der Waals surface area (Å²) in [4.78, 5) is 17.0. The van der Waals surface area contributed by atoms with Crippen LogP contribution in [0.1, 0.15) is 38.2 Å². The minimum atomic E-state index is -3.65. The van der Waals surface area contributed by atoms with Crippen LogP contribution in [0.5, 0.6) is 0 Å². The van der Waals surface area contributed by atoms with Gasteiger partial charge in [-0.15, -0.1) is 0 Å². The zero-order valence-corrected chi connectivity index (χ0v) is 21.5. The van der Waals surface area contributed by atoms with E-state index in [-0.39, 0.29) is 46.9 Å². The van der Waals surface area contributed by atoms with E-state index in [1.54, 1.807) is 24.5 Å². The van der Waals surface area contributed by atoms with Crippen LogP contribution in [-0.2, 0) is 21.4 Å². The molecule has 0 aliphatic rings. The van der Waals surface area contributed by atoms with Gasteiger partial charge in [0.25, 0.3) is 0 Å². The zero-order chi connectivity index (χ0) is 22.0. The van der Waals surface area contributed by atoms with Crippen molar-refractivity contribution in [2.45, 2.75) is 50.1 Å². The van der Waals surface area contributed by atoms with E-state index < -0.39 is 16.0 Å². The van der Waals surface area contributed by atoms with Gasteiger partial charge in [0.2, 0.25) is 10.0 Å². The molecule has 1 aromatic heterocycles. The molecule has 1 atom stereocenters. The van der Waals surface area contributed by atoms with Crippen molar-refractivity contribution in [3.05, 3.63) is 59.4 Å². The van der Waals surface area contributed by atoms with Crippen LogP contribution in [0.2, 0.25) is 5.02 Å². The third-order valence-corrected chi connectivity index (χ3v) is 6.35. The van der Waals surface area contributed by atoms with Crippen molar-refractivity contribution in [2.24, 2.45) is 0 Å². The van der Waals surface area contributed by atoms with E-state index in [1.807, 2.05) is 19.1 Å². The maximum absolute atomic E-state index is 12.6. The van der Waals surface area contributed by atoms with E-state index in [4.69, 9.17) is 11.6 Å². The van der Waals surface area contributed by atoms with Crippen LogP contribution in [-0.4, -0.2) is 43.4 Å². The predicted octanol–water partition coefficient (Wildman–Crippen LogP) is -0.782. The van der Waals surface area contributed by atoms with Gasteiger partial charge in [-0.3, -0.25) is 9.88 Å². The molecule has 0 fully saturated rings. The number of carbonyl (C=O) groups is 1. The Morgan fingerprint density at radius 2 is 1.90 bits per heavy atom. The summed E-state index contributed by atoms with van der Waals surface area (Å²) >= 11 is 5.84. The predicted molar refractivity (Wildman–Crippen MR) is 114 cm³/mol. The smallest absolute Gasteiger partial charge is 0.550 e. The molecule has 164 valence electrons. The minimum Gasteiger partial charge on any atom is -0.550 e. The number of hydrogen-bond donors (Lipinski definition) is 1. The number of sulfonamides is 1. The Morgan fingerprint density at radius 3 is 2.52 bits per heavy atom. The molecule has 1 aromatic carbocycles. The number of carboxylic acid groups (broad SMARTS) is 1. The van der Waals surface area contributed by atoms with Gasteiger partial charge in [0.1, 0.15) is 0 Å². The molecule has 0 saturated carbocycles. The first-order valence-electron chi connectivity index (χ1n) is 9.85. The fourth-order valence-electron chi connectivity index (χ4n) is 3.14. The van der Waals surface area contributed by atoms with Crippen LogP contribution in [0, 0.1) is 0 Å². The van der Waals surface area contributed by atoms with Gasteiger partial charge in [-0.25, -0.2) is 13.1 Å². The Bertz CT molecular complexity index is 899. The number of carbonyl (C=O) groups excluding carboxylic acids is 1. The molecule has 7 nitrogen and oxygen atoms in total. The van der Waals surface area contributed by atoms with Crippen LogP contribution < -0.4 is 39.4 Å². The summed E-state index contributed by atoms with van der Waals surface area (Å²) in [6.07, 6.45) is 5.69. The molecule has 0 aliphatic carbocycles. The first kappa shape index (κ1) is 28.0. The van der Waals surface area contributed by atoms with Gasteiger partial charge in [-0.2, -0.15) is 0 Å². The SMILES string of the molecule is CC(CN(CCCCCC(=O)[O-])Cc1cccnc1)NS(=O)(=O)c1ccc(Cl)cc1.[Na+]. The van der Waals surface area contributed by atoms with Gasteiger partial charge < -0.3 is 9.90 Å². The third-order valence-electron chi connectivity index (χ3n) is 4.50. The summed E-state index contributed by atoms with van der Waals surface area (Å²) in [7, 11) is -3.65. The number of aliphatic carboxylic acids is 1.